The van der Waals surface area contributed by atoms with Crippen LogP contribution in [0.25, 0.3) is 0 Å². The molecule has 1 heterocycles. The molecule has 2 aromatic rings. The van der Waals surface area contributed by atoms with E-state index in [9.17, 15) is 13.2 Å². The first-order chi connectivity index (χ1) is 14.8. The molecule has 0 aromatic heterocycles. The van der Waals surface area contributed by atoms with Gasteiger partial charge >= 0.3 is 0 Å². The van der Waals surface area contributed by atoms with Gasteiger partial charge in [-0.15, -0.1) is 0 Å². The molecule has 1 atom stereocenters. The number of benzene rings is 2. The molecular weight excluding hydrogens is 463 g/mol. The minimum atomic E-state index is -3.80. The van der Waals surface area contributed by atoms with Crippen molar-refractivity contribution < 1.29 is 22.7 Å². The fourth-order valence-electron chi connectivity index (χ4n) is 3.43. The summed E-state index contributed by atoms with van der Waals surface area (Å²) in [4.78, 5) is 12.8. The molecule has 31 heavy (non-hydrogen) atoms. The Hall–Kier alpha value is -2.00. The van der Waals surface area contributed by atoms with Crippen LogP contribution in [0.4, 0.5) is 5.69 Å². The quantitative estimate of drug-likeness (QED) is 0.624. The highest BCUT2D eigenvalue weighted by atomic mass is 35.5. The summed E-state index contributed by atoms with van der Waals surface area (Å²) in [6.45, 7) is 2.67. The van der Waals surface area contributed by atoms with E-state index in [4.69, 9.17) is 32.7 Å². The predicted octanol–water partition coefficient (Wildman–Crippen LogP) is 4.44. The van der Waals surface area contributed by atoms with Crippen LogP contribution in [0.1, 0.15) is 19.8 Å². The zero-order valence-corrected chi connectivity index (χ0v) is 19.6. The molecule has 0 spiro atoms. The van der Waals surface area contributed by atoms with Gasteiger partial charge in [0.1, 0.15) is 11.5 Å². The summed E-state index contributed by atoms with van der Waals surface area (Å²) in [6, 6.07) is 9.32. The fourth-order valence-corrected chi connectivity index (χ4v) is 5.53. The van der Waals surface area contributed by atoms with Crippen molar-refractivity contribution in [3.63, 3.8) is 0 Å². The monoisotopic (exact) mass is 486 g/mol. The Morgan fingerprint density at radius 3 is 2.52 bits per heavy atom. The lowest BCUT2D eigenvalue weighted by molar-refractivity contribution is -0.120. The van der Waals surface area contributed by atoms with Gasteiger partial charge in [0.2, 0.25) is 15.9 Å². The smallest absolute Gasteiger partial charge is 0.243 e. The first-order valence-corrected chi connectivity index (χ1v) is 12.0. The Kier molecular flexibility index (Phi) is 7.69. The summed E-state index contributed by atoms with van der Waals surface area (Å²) in [5.41, 5.74) is 0.522. The maximum atomic E-state index is 13.1. The molecule has 7 nitrogen and oxygen atoms in total. The number of hydrogen-bond donors (Lipinski definition) is 1. The maximum Gasteiger partial charge on any atom is 0.243 e. The number of hydrogen-bond acceptors (Lipinski definition) is 5. The van der Waals surface area contributed by atoms with Gasteiger partial charge in [-0.05, 0) is 56.2 Å². The molecule has 3 rings (SSSR count). The molecule has 168 valence electrons. The van der Waals surface area contributed by atoms with Crippen LogP contribution in [0.5, 0.6) is 11.5 Å². The second-order valence-corrected chi connectivity index (χ2v) is 9.82. The molecule has 1 N–H and O–H groups in total. The average Bonchev–Trinajstić information content (AvgIpc) is 2.75. The van der Waals surface area contributed by atoms with Crippen LogP contribution in [-0.4, -0.2) is 45.4 Å². The van der Waals surface area contributed by atoms with E-state index in [0.29, 0.717) is 48.2 Å². The van der Waals surface area contributed by atoms with Gasteiger partial charge in [-0.25, -0.2) is 8.42 Å². The van der Waals surface area contributed by atoms with Gasteiger partial charge in [0.05, 0.1) is 34.6 Å². The summed E-state index contributed by atoms with van der Waals surface area (Å²) in [5, 5.41) is 3.41. The van der Waals surface area contributed by atoms with Crippen molar-refractivity contribution in [3.8, 4) is 11.5 Å². The Balaban J connectivity index is 1.72. The zero-order valence-electron chi connectivity index (χ0n) is 17.2. The fraction of sp³-hybridized carbons (Fsp3) is 0.381. The van der Waals surface area contributed by atoms with Crippen molar-refractivity contribution in [1.82, 2.24) is 4.31 Å². The summed E-state index contributed by atoms with van der Waals surface area (Å²) in [7, 11) is -2.29. The van der Waals surface area contributed by atoms with Gasteiger partial charge in [-0.3, -0.25) is 4.79 Å². The van der Waals surface area contributed by atoms with Gasteiger partial charge < -0.3 is 14.8 Å². The largest absolute Gasteiger partial charge is 0.495 e. The second kappa shape index (κ2) is 10.1. The molecule has 0 radical (unpaired) electrons. The van der Waals surface area contributed by atoms with E-state index in [2.05, 4.69) is 5.32 Å². The SMILES string of the molecule is CCOc1ccc(S(=O)(=O)N2CCC[C@@H](C(=O)Nc3ccc(OC)c(Cl)c3)C2)cc1Cl. The first-order valence-electron chi connectivity index (χ1n) is 9.83. The summed E-state index contributed by atoms with van der Waals surface area (Å²) in [6.07, 6.45) is 1.16. The van der Waals surface area contributed by atoms with Crippen molar-refractivity contribution >= 4 is 44.8 Å². The third kappa shape index (κ3) is 5.44. The maximum absolute atomic E-state index is 13.1. The minimum absolute atomic E-state index is 0.0731. The molecule has 1 aliphatic rings. The molecule has 0 bridgehead atoms. The summed E-state index contributed by atoms with van der Waals surface area (Å²) >= 11 is 12.3. The predicted molar refractivity (Wildman–Crippen MR) is 121 cm³/mol. The van der Waals surface area contributed by atoms with Crippen LogP contribution < -0.4 is 14.8 Å². The number of amides is 1. The number of sulfonamides is 1. The number of ether oxygens (including phenoxy) is 2. The van der Waals surface area contributed by atoms with Gasteiger partial charge in [-0.2, -0.15) is 4.31 Å². The number of nitrogens with zero attached hydrogens (tertiary/aromatic N) is 1. The Morgan fingerprint density at radius 1 is 1.16 bits per heavy atom. The van der Waals surface area contributed by atoms with Crippen molar-refractivity contribution in [2.75, 3.05) is 32.1 Å². The highest BCUT2D eigenvalue weighted by Crippen LogP contribution is 2.31. The number of halogens is 2. The molecule has 1 saturated heterocycles. The molecule has 2 aromatic carbocycles. The van der Waals surface area contributed by atoms with E-state index in [0.717, 1.165) is 0 Å². The number of rotatable bonds is 7. The molecular formula is C21H24Cl2N2O5S. The summed E-state index contributed by atoms with van der Waals surface area (Å²) in [5.74, 6) is 0.189. The highest BCUT2D eigenvalue weighted by molar-refractivity contribution is 7.89. The van der Waals surface area contributed by atoms with Crippen molar-refractivity contribution in [1.29, 1.82) is 0 Å². The van der Waals surface area contributed by atoms with Gasteiger partial charge in [-0.1, -0.05) is 23.2 Å². The van der Waals surface area contributed by atoms with Crippen molar-refractivity contribution in [2.45, 2.75) is 24.7 Å². The number of nitrogens with one attached hydrogen (secondary N) is 1. The number of piperidine rings is 1. The number of carbonyl (C=O) groups excluding carboxylic acids is 1. The van der Waals surface area contributed by atoms with E-state index < -0.39 is 15.9 Å². The van der Waals surface area contributed by atoms with Gasteiger partial charge in [0.15, 0.2) is 0 Å². The molecule has 0 unspecified atom stereocenters. The van der Waals surface area contributed by atoms with Crippen LogP contribution in [0, 0.1) is 5.92 Å². The molecule has 0 saturated carbocycles. The second-order valence-electron chi connectivity index (χ2n) is 7.07. The Morgan fingerprint density at radius 2 is 1.87 bits per heavy atom. The van der Waals surface area contributed by atoms with Crippen LogP contribution >= 0.6 is 23.2 Å². The van der Waals surface area contributed by atoms with E-state index in [-0.39, 0.29) is 22.4 Å². The molecule has 0 aliphatic carbocycles. The highest BCUT2D eigenvalue weighted by Gasteiger charge is 2.33. The normalized spacial score (nSPS) is 17.2. The molecule has 1 fully saturated rings. The van der Waals surface area contributed by atoms with E-state index in [1.807, 2.05) is 6.92 Å². The Bertz CT molecular complexity index is 1060. The lowest BCUT2D eigenvalue weighted by atomic mass is 9.98. The number of anilines is 1. The van der Waals surface area contributed by atoms with E-state index >= 15 is 0 Å². The Labute approximate surface area is 192 Å². The van der Waals surface area contributed by atoms with Gasteiger partial charge in [0.25, 0.3) is 0 Å². The molecule has 10 heteroatoms. The summed E-state index contributed by atoms with van der Waals surface area (Å²) < 4.78 is 38.0. The zero-order chi connectivity index (χ0) is 22.6. The number of carbonyl (C=O) groups is 1. The lowest BCUT2D eigenvalue weighted by Gasteiger charge is -2.31. The van der Waals surface area contributed by atoms with Crippen molar-refractivity contribution in [2.24, 2.45) is 5.92 Å². The average molecular weight is 487 g/mol. The molecule has 1 amide bonds. The first kappa shape index (κ1) is 23.7. The number of methoxy groups -OCH3 is 1. The standard InChI is InChI=1S/C21H24Cl2N2O5S/c1-3-30-20-9-7-16(12-18(20)23)31(27,28)25-10-4-5-14(13-25)21(26)24-15-6-8-19(29-2)17(22)11-15/h6-9,11-12,14H,3-5,10,13H2,1-2H3,(H,24,26)/t14-/m1/s1. The minimum Gasteiger partial charge on any atom is -0.495 e. The van der Waals surface area contributed by atoms with Crippen LogP contribution in [0.2, 0.25) is 10.0 Å². The third-order valence-electron chi connectivity index (χ3n) is 5.02. The van der Waals surface area contributed by atoms with E-state index in [1.165, 1.54) is 23.5 Å². The van der Waals surface area contributed by atoms with Crippen LogP contribution in [0.15, 0.2) is 41.3 Å². The lowest BCUT2D eigenvalue weighted by Crippen LogP contribution is -2.43. The topological polar surface area (TPSA) is 84.9 Å². The van der Waals surface area contributed by atoms with Gasteiger partial charge in [0, 0.05) is 18.8 Å². The van der Waals surface area contributed by atoms with Crippen LogP contribution in [0.3, 0.4) is 0 Å². The van der Waals surface area contributed by atoms with Crippen molar-refractivity contribution in [3.05, 3.63) is 46.4 Å². The third-order valence-corrected chi connectivity index (χ3v) is 7.47. The van der Waals surface area contributed by atoms with E-state index in [1.54, 1.807) is 24.3 Å². The van der Waals surface area contributed by atoms with Crippen LogP contribution in [-0.2, 0) is 14.8 Å². The molecule has 1 aliphatic heterocycles.